The fourth-order valence-electron chi connectivity index (χ4n) is 1.41. The van der Waals surface area contributed by atoms with Crippen molar-refractivity contribution < 1.29 is 9.53 Å². The average molecular weight is 298 g/mol. The Morgan fingerprint density at radius 2 is 2.11 bits per heavy atom. The molecule has 0 aliphatic heterocycles. The van der Waals surface area contributed by atoms with Gasteiger partial charge < -0.3 is 4.74 Å². The normalized spacial score (nSPS) is 10.3. The Labute approximate surface area is 119 Å². The number of methoxy groups -OCH3 is 1. The van der Waals surface area contributed by atoms with Gasteiger partial charge in [0.1, 0.15) is 5.15 Å². The zero-order valence-corrected chi connectivity index (χ0v) is 12.2. The van der Waals surface area contributed by atoms with Gasteiger partial charge in [0.05, 0.1) is 12.0 Å². The van der Waals surface area contributed by atoms with Crippen molar-refractivity contribution in [3.63, 3.8) is 0 Å². The highest BCUT2D eigenvalue weighted by Gasteiger charge is 2.13. The van der Waals surface area contributed by atoms with Crippen molar-refractivity contribution in [2.45, 2.75) is 13.8 Å². The van der Waals surface area contributed by atoms with Crippen LogP contribution in [0.1, 0.15) is 20.1 Å². The van der Waals surface area contributed by atoms with Crippen molar-refractivity contribution in [3.8, 4) is 5.88 Å². The van der Waals surface area contributed by atoms with Gasteiger partial charge in [-0.15, -0.1) is 11.3 Å². The Morgan fingerprint density at radius 1 is 1.37 bits per heavy atom. The van der Waals surface area contributed by atoms with E-state index in [-0.39, 0.29) is 17.0 Å². The minimum atomic E-state index is -0.259. The summed E-state index contributed by atoms with van der Waals surface area (Å²) in [7, 11) is 1.47. The second-order valence-corrected chi connectivity index (χ2v) is 5.50. The summed E-state index contributed by atoms with van der Waals surface area (Å²) >= 11 is 7.23. The first-order chi connectivity index (χ1) is 8.99. The maximum Gasteiger partial charge on any atom is 0.268 e. The smallest absolute Gasteiger partial charge is 0.268 e. The van der Waals surface area contributed by atoms with E-state index in [1.165, 1.54) is 24.5 Å². The van der Waals surface area contributed by atoms with Gasteiger partial charge in [0, 0.05) is 10.9 Å². The Bertz CT molecular complexity index is 608. The van der Waals surface area contributed by atoms with Crippen molar-refractivity contribution in [2.75, 3.05) is 12.4 Å². The molecule has 0 unspecified atom stereocenters. The first kappa shape index (κ1) is 13.8. The number of nitrogens with one attached hydrogen (secondary N) is 1. The van der Waals surface area contributed by atoms with Crippen LogP contribution in [-0.4, -0.2) is 23.0 Å². The number of thiophene rings is 1. The number of carbonyl (C=O) groups excluding carboxylic acids is 1. The van der Waals surface area contributed by atoms with E-state index < -0.39 is 0 Å². The van der Waals surface area contributed by atoms with E-state index in [9.17, 15) is 4.79 Å². The summed E-state index contributed by atoms with van der Waals surface area (Å²) in [4.78, 5) is 21.7. The number of ether oxygens (including phenoxy) is 1. The molecule has 19 heavy (non-hydrogen) atoms. The van der Waals surface area contributed by atoms with Crippen LogP contribution in [-0.2, 0) is 0 Å². The molecule has 0 fully saturated rings. The molecule has 2 aromatic heterocycles. The molecule has 5 nitrogen and oxygen atoms in total. The number of hydrogen-bond donors (Lipinski definition) is 1. The van der Waals surface area contributed by atoms with Crippen molar-refractivity contribution in [3.05, 3.63) is 32.6 Å². The molecule has 0 spiro atoms. The van der Waals surface area contributed by atoms with Gasteiger partial charge in [0.2, 0.25) is 11.8 Å². The zero-order chi connectivity index (χ0) is 14.0. The highest BCUT2D eigenvalue weighted by molar-refractivity contribution is 7.14. The first-order valence-corrected chi connectivity index (χ1v) is 6.66. The molecule has 0 saturated carbocycles. The minimum absolute atomic E-state index is 0.123. The highest BCUT2D eigenvalue weighted by atomic mass is 35.5. The van der Waals surface area contributed by atoms with Gasteiger partial charge in [-0.05, 0) is 25.5 Å². The summed E-state index contributed by atoms with van der Waals surface area (Å²) in [5, 5.41) is 2.81. The number of hydrogen-bond acceptors (Lipinski definition) is 5. The minimum Gasteiger partial charge on any atom is -0.481 e. The summed E-state index contributed by atoms with van der Waals surface area (Å²) in [6.45, 7) is 3.93. The van der Waals surface area contributed by atoms with Crippen LogP contribution in [0, 0.1) is 13.8 Å². The third-order valence-electron chi connectivity index (χ3n) is 2.50. The molecule has 0 aliphatic carbocycles. The predicted octanol–water partition coefficient (Wildman–Crippen LogP) is 3.07. The summed E-state index contributed by atoms with van der Waals surface area (Å²) in [5.41, 5.74) is 1.08. The lowest BCUT2D eigenvalue weighted by Crippen LogP contribution is -2.13. The van der Waals surface area contributed by atoms with E-state index in [2.05, 4.69) is 15.3 Å². The predicted molar refractivity (Wildman–Crippen MR) is 75.3 cm³/mol. The number of amides is 1. The lowest BCUT2D eigenvalue weighted by molar-refractivity contribution is 0.102. The molecule has 100 valence electrons. The van der Waals surface area contributed by atoms with Crippen LogP contribution in [0.15, 0.2) is 12.1 Å². The standard InChI is InChI=1S/C12H12ClN3O2S/c1-6-4-8(19-7(6)2)11(17)16-12-14-9(13)5-10(15-12)18-3/h4-5H,1-3H3,(H,14,15,16,17). The van der Waals surface area contributed by atoms with Crippen LogP contribution in [0.25, 0.3) is 0 Å². The van der Waals surface area contributed by atoms with Gasteiger partial charge >= 0.3 is 0 Å². The molecule has 7 heteroatoms. The third-order valence-corrected chi connectivity index (χ3v) is 3.84. The van der Waals surface area contributed by atoms with Crippen molar-refractivity contribution in [1.29, 1.82) is 0 Å². The van der Waals surface area contributed by atoms with Crippen LogP contribution >= 0.6 is 22.9 Å². The molecule has 0 atom stereocenters. The molecular formula is C12H12ClN3O2S. The number of nitrogens with zero attached hydrogens (tertiary/aromatic N) is 2. The number of aromatic nitrogens is 2. The second kappa shape index (κ2) is 5.54. The number of rotatable bonds is 3. The van der Waals surface area contributed by atoms with Crippen molar-refractivity contribution >= 4 is 34.8 Å². The molecule has 1 N–H and O–H groups in total. The maximum atomic E-state index is 12.0. The van der Waals surface area contributed by atoms with Gasteiger partial charge in [-0.1, -0.05) is 11.6 Å². The van der Waals surface area contributed by atoms with Gasteiger partial charge in [0.15, 0.2) is 0 Å². The summed E-state index contributed by atoms with van der Waals surface area (Å²) in [6, 6.07) is 3.30. The molecule has 2 aromatic rings. The number of halogens is 1. The van der Waals surface area contributed by atoms with E-state index in [0.29, 0.717) is 10.8 Å². The third kappa shape index (κ3) is 3.21. The Balaban J connectivity index is 2.21. The van der Waals surface area contributed by atoms with Gasteiger partial charge in [-0.3, -0.25) is 10.1 Å². The van der Waals surface area contributed by atoms with Crippen molar-refractivity contribution in [2.24, 2.45) is 0 Å². The molecule has 0 radical (unpaired) electrons. The van der Waals surface area contributed by atoms with Crippen LogP contribution in [0.3, 0.4) is 0 Å². The Morgan fingerprint density at radius 3 is 2.68 bits per heavy atom. The van der Waals surface area contributed by atoms with Crippen LogP contribution in [0.5, 0.6) is 5.88 Å². The van der Waals surface area contributed by atoms with E-state index in [4.69, 9.17) is 16.3 Å². The Hall–Kier alpha value is -1.66. The van der Waals surface area contributed by atoms with Crippen molar-refractivity contribution in [1.82, 2.24) is 9.97 Å². The number of aryl methyl sites for hydroxylation is 2. The quantitative estimate of drug-likeness (QED) is 0.884. The number of carbonyl (C=O) groups is 1. The largest absolute Gasteiger partial charge is 0.481 e. The molecule has 0 bridgehead atoms. The molecule has 2 rings (SSSR count). The van der Waals surface area contributed by atoms with Crippen LogP contribution < -0.4 is 10.1 Å². The van der Waals surface area contributed by atoms with E-state index >= 15 is 0 Å². The topological polar surface area (TPSA) is 64.1 Å². The second-order valence-electron chi connectivity index (χ2n) is 3.86. The van der Waals surface area contributed by atoms with Gasteiger partial charge in [-0.2, -0.15) is 4.98 Å². The van der Waals surface area contributed by atoms with E-state index in [0.717, 1.165) is 10.4 Å². The highest BCUT2D eigenvalue weighted by Crippen LogP contribution is 2.22. The molecule has 1 amide bonds. The van der Waals surface area contributed by atoms with Gasteiger partial charge in [0.25, 0.3) is 5.91 Å². The maximum absolute atomic E-state index is 12.0. The van der Waals surface area contributed by atoms with E-state index in [1.807, 2.05) is 19.9 Å². The molecule has 0 aliphatic rings. The molecule has 0 saturated heterocycles. The zero-order valence-electron chi connectivity index (χ0n) is 10.7. The fraction of sp³-hybridized carbons (Fsp3) is 0.250. The van der Waals surface area contributed by atoms with Crippen LogP contribution in [0.4, 0.5) is 5.95 Å². The first-order valence-electron chi connectivity index (χ1n) is 5.46. The number of anilines is 1. The molecule has 0 aromatic carbocycles. The summed E-state index contributed by atoms with van der Waals surface area (Å²) < 4.78 is 4.96. The average Bonchev–Trinajstić information content (AvgIpc) is 2.69. The van der Waals surface area contributed by atoms with Gasteiger partial charge in [-0.25, -0.2) is 4.98 Å². The SMILES string of the molecule is COc1cc(Cl)nc(NC(=O)c2cc(C)c(C)s2)n1. The monoisotopic (exact) mass is 297 g/mol. The Kier molecular flexibility index (Phi) is 4.01. The lowest BCUT2D eigenvalue weighted by atomic mass is 10.3. The fourth-order valence-corrected chi connectivity index (χ4v) is 2.51. The van der Waals surface area contributed by atoms with E-state index in [1.54, 1.807) is 0 Å². The summed E-state index contributed by atoms with van der Waals surface area (Å²) in [5.74, 6) is 0.164. The molecule has 2 heterocycles. The summed E-state index contributed by atoms with van der Waals surface area (Å²) in [6.07, 6.45) is 0. The molecular weight excluding hydrogens is 286 g/mol. The lowest BCUT2D eigenvalue weighted by Gasteiger charge is -2.04. The van der Waals surface area contributed by atoms with Crippen LogP contribution in [0.2, 0.25) is 5.15 Å².